The first-order chi connectivity index (χ1) is 14.7. The third-order valence-corrected chi connectivity index (χ3v) is 6.41. The van der Waals surface area contributed by atoms with Crippen LogP contribution < -0.4 is 4.72 Å². The van der Waals surface area contributed by atoms with Crippen molar-refractivity contribution < 1.29 is 26.7 Å². The molecule has 0 bridgehead atoms. The van der Waals surface area contributed by atoms with Crippen molar-refractivity contribution in [3.05, 3.63) is 65.5 Å². The summed E-state index contributed by atoms with van der Waals surface area (Å²) in [5.41, 5.74) is 1.25. The molecule has 31 heavy (non-hydrogen) atoms. The molecular weight excluding hydrogens is 428 g/mol. The summed E-state index contributed by atoms with van der Waals surface area (Å²) in [4.78, 5) is 17.2. The highest BCUT2D eigenvalue weighted by molar-refractivity contribution is 7.88. The number of likely N-dealkylation sites (tertiary alicyclic amines) is 1. The maximum Gasteiger partial charge on any atom is 0.339 e. The fourth-order valence-corrected chi connectivity index (χ4v) is 4.82. The molecule has 1 atom stereocenters. The number of alkyl halides is 2. The van der Waals surface area contributed by atoms with E-state index in [0.29, 0.717) is 13.0 Å². The van der Waals surface area contributed by atoms with Crippen LogP contribution in [0.25, 0.3) is 0 Å². The van der Waals surface area contributed by atoms with Crippen LogP contribution in [0.4, 0.5) is 8.78 Å². The summed E-state index contributed by atoms with van der Waals surface area (Å²) in [5, 5.41) is 0. The van der Waals surface area contributed by atoms with Gasteiger partial charge in [0, 0.05) is 31.7 Å². The summed E-state index contributed by atoms with van der Waals surface area (Å²) in [7, 11) is -2.54. The van der Waals surface area contributed by atoms with E-state index in [4.69, 9.17) is 0 Å². The number of carbonyl (C=O) groups is 1. The Bertz CT molecular complexity index is 985. The van der Waals surface area contributed by atoms with E-state index >= 15 is 0 Å². The molecule has 0 radical (unpaired) electrons. The van der Waals surface area contributed by atoms with Gasteiger partial charge in [0.05, 0.1) is 24.9 Å². The number of hydrogen-bond acceptors (Lipinski definition) is 6. The van der Waals surface area contributed by atoms with Crippen LogP contribution in [-0.2, 0) is 20.5 Å². The van der Waals surface area contributed by atoms with Crippen LogP contribution in [0.5, 0.6) is 0 Å². The third kappa shape index (κ3) is 6.78. The Kier molecular flexibility index (Phi) is 7.34. The maximum absolute atomic E-state index is 13.5. The first-order valence-electron chi connectivity index (χ1n) is 9.86. The molecule has 0 spiro atoms. The molecule has 1 fully saturated rings. The minimum atomic E-state index is -3.78. The second kappa shape index (κ2) is 9.80. The molecule has 0 aliphatic carbocycles. The zero-order valence-electron chi connectivity index (χ0n) is 17.1. The number of nitrogens with zero attached hydrogens (tertiary/aromatic N) is 2. The number of esters is 1. The van der Waals surface area contributed by atoms with E-state index in [1.54, 1.807) is 29.2 Å². The number of methoxy groups -OCH3 is 1. The van der Waals surface area contributed by atoms with Gasteiger partial charge in [-0.05, 0) is 24.1 Å². The van der Waals surface area contributed by atoms with Gasteiger partial charge in [-0.25, -0.2) is 26.7 Å². The molecule has 168 valence electrons. The van der Waals surface area contributed by atoms with Crippen molar-refractivity contribution in [1.82, 2.24) is 14.6 Å². The Hall–Kier alpha value is -2.43. The predicted molar refractivity (Wildman–Crippen MR) is 111 cm³/mol. The number of nitrogens with one attached hydrogen (secondary N) is 1. The van der Waals surface area contributed by atoms with Crippen LogP contribution in [0, 0.1) is 0 Å². The number of ether oxygens (including phenoxy) is 1. The van der Waals surface area contributed by atoms with E-state index in [-0.39, 0.29) is 36.5 Å². The average molecular weight is 454 g/mol. The van der Waals surface area contributed by atoms with Gasteiger partial charge in [-0.1, -0.05) is 30.3 Å². The lowest BCUT2D eigenvalue weighted by Gasteiger charge is -2.22. The summed E-state index contributed by atoms with van der Waals surface area (Å²) >= 11 is 0. The number of pyridine rings is 1. The highest BCUT2D eigenvalue weighted by Crippen LogP contribution is 2.28. The summed E-state index contributed by atoms with van der Waals surface area (Å²) < 4.78 is 59.8. The molecule has 1 unspecified atom stereocenters. The van der Waals surface area contributed by atoms with Crippen molar-refractivity contribution in [1.29, 1.82) is 0 Å². The molecule has 2 aromatic rings. The van der Waals surface area contributed by atoms with Crippen LogP contribution in [0.15, 0.2) is 48.7 Å². The van der Waals surface area contributed by atoms with Crippen LogP contribution in [-0.4, -0.2) is 56.9 Å². The lowest BCUT2D eigenvalue weighted by atomic mass is 10.0. The number of hydrogen-bond donors (Lipinski definition) is 1. The van der Waals surface area contributed by atoms with Crippen molar-refractivity contribution in [3.63, 3.8) is 0 Å². The standard InChI is InChI=1S/C21H25F2N3O4S/c1-30-20(27)17-7-8-18(24-13-17)14-31(28,29)25-19(16-5-3-2-4-6-16)9-11-26-12-10-21(22,23)15-26/h2-8,13,19,25H,9-12,14-15H2,1H3. The highest BCUT2D eigenvalue weighted by atomic mass is 32.2. The Balaban J connectivity index is 1.68. The highest BCUT2D eigenvalue weighted by Gasteiger charge is 2.38. The normalized spacial score (nSPS) is 17.4. The van der Waals surface area contributed by atoms with E-state index in [9.17, 15) is 22.0 Å². The monoisotopic (exact) mass is 453 g/mol. The minimum absolute atomic E-state index is 0.179. The molecule has 0 saturated carbocycles. The van der Waals surface area contributed by atoms with Gasteiger partial charge in [-0.3, -0.25) is 9.88 Å². The number of carbonyl (C=O) groups excluding carboxylic acids is 1. The summed E-state index contributed by atoms with van der Waals surface area (Å²) in [6.45, 7) is 0.333. The van der Waals surface area contributed by atoms with E-state index in [1.807, 2.05) is 6.07 Å². The molecule has 1 aromatic carbocycles. The van der Waals surface area contributed by atoms with Gasteiger partial charge < -0.3 is 4.74 Å². The number of aromatic nitrogens is 1. The van der Waals surface area contributed by atoms with E-state index in [0.717, 1.165) is 5.56 Å². The largest absolute Gasteiger partial charge is 0.465 e. The Morgan fingerprint density at radius 1 is 1.26 bits per heavy atom. The summed E-state index contributed by atoms with van der Waals surface area (Å²) in [6, 6.07) is 11.4. The number of sulfonamides is 1. The molecule has 1 aromatic heterocycles. The number of benzene rings is 1. The van der Waals surface area contributed by atoms with Crippen molar-refractivity contribution in [2.45, 2.75) is 30.6 Å². The zero-order chi connectivity index (χ0) is 22.5. The molecule has 10 heteroatoms. The molecule has 1 saturated heterocycles. The van der Waals surface area contributed by atoms with Crippen LogP contribution in [0.3, 0.4) is 0 Å². The quantitative estimate of drug-likeness (QED) is 0.588. The number of halogens is 2. The molecular formula is C21H25F2N3O4S. The first-order valence-corrected chi connectivity index (χ1v) is 11.5. The van der Waals surface area contributed by atoms with Gasteiger partial charge in [0.1, 0.15) is 5.75 Å². The molecule has 1 N–H and O–H groups in total. The maximum atomic E-state index is 13.5. The van der Waals surface area contributed by atoms with Crippen molar-refractivity contribution >= 4 is 16.0 Å². The van der Waals surface area contributed by atoms with Crippen LogP contribution in [0.1, 0.15) is 40.5 Å². The van der Waals surface area contributed by atoms with Crippen molar-refractivity contribution in [2.75, 3.05) is 26.7 Å². The molecule has 3 rings (SSSR count). The predicted octanol–water partition coefficient (Wildman–Crippen LogP) is 2.76. The second-order valence-electron chi connectivity index (χ2n) is 7.54. The van der Waals surface area contributed by atoms with Crippen molar-refractivity contribution in [2.24, 2.45) is 0 Å². The smallest absolute Gasteiger partial charge is 0.339 e. The van der Waals surface area contributed by atoms with Gasteiger partial charge >= 0.3 is 5.97 Å². The van der Waals surface area contributed by atoms with Gasteiger partial charge in [-0.2, -0.15) is 0 Å². The topological polar surface area (TPSA) is 88.6 Å². The Morgan fingerprint density at radius 3 is 2.58 bits per heavy atom. The fraction of sp³-hybridized carbons (Fsp3) is 0.429. The van der Waals surface area contributed by atoms with Gasteiger partial charge in [-0.15, -0.1) is 0 Å². The molecule has 7 nitrogen and oxygen atoms in total. The van der Waals surface area contributed by atoms with E-state index in [1.165, 1.54) is 25.4 Å². The molecule has 1 aliphatic rings. The van der Waals surface area contributed by atoms with Gasteiger partial charge in [0.25, 0.3) is 5.92 Å². The SMILES string of the molecule is COC(=O)c1ccc(CS(=O)(=O)NC(CCN2CCC(F)(F)C2)c2ccccc2)nc1. The van der Waals surface area contributed by atoms with Gasteiger partial charge in [0.15, 0.2) is 0 Å². The Morgan fingerprint density at radius 2 is 2.00 bits per heavy atom. The molecule has 0 amide bonds. The average Bonchev–Trinajstić information content (AvgIpc) is 3.10. The first kappa shape index (κ1) is 23.2. The third-order valence-electron chi connectivity index (χ3n) is 5.09. The lowest BCUT2D eigenvalue weighted by Crippen LogP contribution is -2.33. The van der Waals surface area contributed by atoms with Gasteiger partial charge in [0.2, 0.25) is 10.0 Å². The van der Waals surface area contributed by atoms with E-state index < -0.39 is 28.0 Å². The lowest BCUT2D eigenvalue weighted by molar-refractivity contribution is 0.0119. The minimum Gasteiger partial charge on any atom is -0.465 e. The van der Waals surface area contributed by atoms with Crippen molar-refractivity contribution in [3.8, 4) is 0 Å². The molecule has 1 aliphatic heterocycles. The zero-order valence-corrected chi connectivity index (χ0v) is 17.9. The Labute approximate surface area is 180 Å². The summed E-state index contributed by atoms with van der Waals surface area (Å²) in [6.07, 6.45) is 1.44. The van der Waals surface area contributed by atoms with Crippen LogP contribution in [0.2, 0.25) is 0 Å². The second-order valence-corrected chi connectivity index (χ2v) is 9.29. The molecule has 2 heterocycles. The number of rotatable bonds is 9. The van der Waals surface area contributed by atoms with E-state index in [2.05, 4.69) is 14.4 Å². The summed E-state index contributed by atoms with van der Waals surface area (Å²) in [5.74, 6) is -3.62. The fourth-order valence-electron chi connectivity index (χ4n) is 3.49. The van der Waals surface area contributed by atoms with Crippen LogP contribution >= 0.6 is 0 Å².